The summed E-state index contributed by atoms with van der Waals surface area (Å²) in [4.78, 5) is 26.6. The van der Waals surface area contributed by atoms with Gasteiger partial charge >= 0.3 is 5.97 Å². The molecule has 0 saturated carbocycles. The van der Waals surface area contributed by atoms with Gasteiger partial charge in [0.15, 0.2) is 0 Å². The maximum absolute atomic E-state index is 12.8. The van der Waals surface area contributed by atoms with Crippen molar-refractivity contribution in [2.24, 2.45) is 5.92 Å². The van der Waals surface area contributed by atoms with Gasteiger partial charge in [-0.1, -0.05) is 37.3 Å². The third kappa shape index (κ3) is 3.87. The summed E-state index contributed by atoms with van der Waals surface area (Å²) in [6.45, 7) is 5.46. The first kappa shape index (κ1) is 16.5. The number of amides is 1. The van der Waals surface area contributed by atoms with E-state index in [0.29, 0.717) is 13.2 Å². The first-order chi connectivity index (χ1) is 10.7. The number of likely N-dealkylation sites (tertiary alicyclic amines) is 1. The molecular weight excluding hydrogens is 278 g/mol. The number of esters is 1. The van der Waals surface area contributed by atoms with E-state index in [2.05, 4.69) is 0 Å². The van der Waals surface area contributed by atoms with Crippen LogP contribution < -0.4 is 0 Å². The summed E-state index contributed by atoms with van der Waals surface area (Å²) in [6, 6.07) is 9.88. The lowest BCUT2D eigenvalue weighted by molar-refractivity contribution is -0.151. The first-order valence-corrected chi connectivity index (χ1v) is 8.17. The molecule has 22 heavy (non-hydrogen) atoms. The van der Waals surface area contributed by atoms with E-state index in [9.17, 15) is 9.59 Å². The molecular formula is C18H25NO3. The van der Waals surface area contributed by atoms with Gasteiger partial charge in [-0.05, 0) is 31.7 Å². The fourth-order valence-corrected chi connectivity index (χ4v) is 3.09. The van der Waals surface area contributed by atoms with E-state index in [-0.39, 0.29) is 23.7 Å². The average molecular weight is 303 g/mol. The quantitative estimate of drug-likeness (QED) is 0.786. The van der Waals surface area contributed by atoms with Crippen molar-refractivity contribution in [1.82, 2.24) is 4.90 Å². The monoisotopic (exact) mass is 303 g/mol. The largest absolute Gasteiger partial charge is 0.466 e. The number of hydrogen-bond acceptors (Lipinski definition) is 3. The number of rotatable bonds is 5. The van der Waals surface area contributed by atoms with Crippen molar-refractivity contribution >= 4 is 11.9 Å². The zero-order chi connectivity index (χ0) is 15.9. The van der Waals surface area contributed by atoms with E-state index in [1.165, 1.54) is 0 Å². The minimum absolute atomic E-state index is 0.123. The molecule has 1 aliphatic rings. The Morgan fingerprint density at radius 2 is 2.00 bits per heavy atom. The molecule has 2 rings (SSSR count). The highest BCUT2D eigenvalue weighted by Crippen LogP contribution is 2.26. The molecule has 1 saturated heterocycles. The summed E-state index contributed by atoms with van der Waals surface area (Å²) < 4.78 is 5.10. The van der Waals surface area contributed by atoms with Crippen molar-refractivity contribution in [3.8, 4) is 0 Å². The molecule has 0 N–H and O–H groups in total. The molecule has 1 fully saturated rings. The minimum atomic E-state index is -0.175. The van der Waals surface area contributed by atoms with E-state index in [0.717, 1.165) is 31.4 Å². The van der Waals surface area contributed by atoms with Crippen molar-refractivity contribution in [2.45, 2.75) is 39.0 Å². The van der Waals surface area contributed by atoms with Crippen LogP contribution in [-0.4, -0.2) is 36.5 Å². The normalized spacial score (nSPS) is 19.5. The van der Waals surface area contributed by atoms with Crippen molar-refractivity contribution in [3.05, 3.63) is 35.9 Å². The maximum atomic E-state index is 12.8. The first-order valence-electron chi connectivity index (χ1n) is 8.17. The molecule has 2 atom stereocenters. The van der Waals surface area contributed by atoms with Gasteiger partial charge in [0.1, 0.15) is 0 Å². The van der Waals surface area contributed by atoms with E-state index in [4.69, 9.17) is 4.74 Å². The molecule has 0 spiro atoms. The van der Waals surface area contributed by atoms with Crippen LogP contribution in [0.25, 0.3) is 0 Å². The SMILES string of the molecule is CCOC(=O)[C@@H]1CCCN(C(=O)[C@@H](CC)c2ccccc2)C1. The molecule has 4 heteroatoms. The minimum Gasteiger partial charge on any atom is -0.466 e. The van der Waals surface area contributed by atoms with Gasteiger partial charge in [0.25, 0.3) is 0 Å². The van der Waals surface area contributed by atoms with Crippen LogP contribution >= 0.6 is 0 Å². The zero-order valence-corrected chi connectivity index (χ0v) is 13.5. The van der Waals surface area contributed by atoms with Crippen LogP contribution in [0.3, 0.4) is 0 Å². The van der Waals surface area contributed by atoms with Crippen molar-refractivity contribution in [3.63, 3.8) is 0 Å². The van der Waals surface area contributed by atoms with Gasteiger partial charge in [0.05, 0.1) is 18.4 Å². The smallest absolute Gasteiger partial charge is 0.310 e. The van der Waals surface area contributed by atoms with Crippen molar-refractivity contribution in [1.29, 1.82) is 0 Å². The summed E-state index contributed by atoms with van der Waals surface area (Å²) in [7, 11) is 0. The molecule has 1 aromatic carbocycles. The highest BCUT2D eigenvalue weighted by Gasteiger charge is 2.32. The van der Waals surface area contributed by atoms with E-state index < -0.39 is 0 Å². The number of benzene rings is 1. The number of ether oxygens (including phenoxy) is 1. The summed E-state index contributed by atoms with van der Waals surface area (Å²) >= 11 is 0. The molecule has 0 bridgehead atoms. The molecule has 1 aliphatic heterocycles. The lowest BCUT2D eigenvalue weighted by Gasteiger charge is -2.34. The van der Waals surface area contributed by atoms with Gasteiger partial charge in [-0.15, -0.1) is 0 Å². The van der Waals surface area contributed by atoms with Crippen LogP contribution in [-0.2, 0) is 14.3 Å². The molecule has 1 aromatic rings. The molecule has 1 amide bonds. The molecule has 0 aromatic heterocycles. The van der Waals surface area contributed by atoms with Gasteiger partial charge < -0.3 is 9.64 Å². The third-order valence-electron chi connectivity index (χ3n) is 4.26. The zero-order valence-electron chi connectivity index (χ0n) is 13.5. The van der Waals surface area contributed by atoms with Crippen LogP contribution in [0.1, 0.15) is 44.6 Å². The summed E-state index contributed by atoms with van der Waals surface area (Å²) in [5, 5.41) is 0. The van der Waals surface area contributed by atoms with E-state index in [1.54, 1.807) is 0 Å². The predicted octanol–water partition coefficient (Wildman–Crippen LogP) is 2.98. The van der Waals surface area contributed by atoms with E-state index in [1.807, 2.05) is 49.1 Å². The summed E-state index contributed by atoms with van der Waals surface area (Å²) in [5.74, 6) is -0.344. The molecule has 0 aliphatic carbocycles. The molecule has 1 heterocycles. The lowest BCUT2D eigenvalue weighted by atomic mass is 9.92. The second-order valence-corrected chi connectivity index (χ2v) is 5.75. The standard InChI is InChI=1S/C18H25NO3/c1-3-16(14-9-6-5-7-10-14)17(20)19-12-8-11-15(13-19)18(21)22-4-2/h5-7,9-10,15-16H,3-4,8,11-13H2,1-2H3/t15-,16+/m1/s1. The Morgan fingerprint density at radius 1 is 1.27 bits per heavy atom. The Morgan fingerprint density at radius 3 is 2.64 bits per heavy atom. The Balaban J connectivity index is 2.06. The molecule has 120 valence electrons. The van der Waals surface area contributed by atoms with Crippen LogP contribution in [0, 0.1) is 5.92 Å². The topological polar surface area (TPSA) is 46.6 Å². The van der Waals surface area contributed by atoms with Crippen molar-refractivity contribution in [2.75, 3.05) is 19.7 Å². The number of hydrogen-bond donors (Lipinski definition) is 0. The van der Waals surface area contributed by atoms with E-state index >= 15 is 0 Å². The van der Waals surface area contributed by atoms with Gasteiger partial charge in [-0.25, -0.2) is 0 Å². The second-order valence-electron chi connectivity index (χ2n) is 5.75. The fourth-order valence-electron chi connectivity index (χ4n) is 3.09. The summed E-state index contributed by atoms with van der Waals surface area (Å²) in [6.07, 6.45) is 2.44. The Hall–Kier alpha value is -1.84. The number of carbonyl (C=O) groups excluding carboxylic acids is 2. The van der Waals surface area contributed by atoms with Gasteiger partial charge in [0.2, 0.25) is 5.91 Å². The van der Waals surface area contributed by atoms with Crippen molar-refractivity contribution < 1.29 is 14.3 Å². The third-order valence-corrected chi connectivity index (χ3v) is 4.26. The maximum Gasteiger partial charge on any atom is 0.310 e. The fraction of sp³-hybridized carbons (Fsp3) is 0.556. The Kier molecular flexibility index (Phi) is 5.99. The van der Waals surface area contributed by atoms with Gasteiger partial charge in [-0.2, -0.15) is 0 Å². The molecule has 0 radical (unpaired) electrons. The Labute approximate surface area is 132 Å². The lowest BCUT2D eigenvalue weighted by Crippen LogP contribution is -2.44. The number of nitrogens with zero attached hydrogens (tertiary/aromatic N) is 1. The van der Waals surface area contributed by atoms with Crippen LogP contribution in [0.4, 0.5) is 0 Å². The average Bonchev–Trinajstić information content (AvgIpc) is 2.57. The highest BCUT2D eigenvalue weighted by atomic mass is 16.5. The predicted molar refractivity (Wildman–Crippen MR) is 85.4 cm³/mol. The van der Waals surface area contributed by atoms with Crippen LogP contribution in [0.2, 0.25) is 0 Å². The molecule has 4 nitrogen and oxygen atoms in total. The molecule has 0 unspecified atom stereocenters. The second kappa shape index (κ2) is 7.97. The number of piperidine rings is 1. The highest BCUT2D eigenvalue weighted by molar-refractivity contribution is 5.84. The Bertz CT molecular complexity index is 500. The van der Waals surface area contributed by atoms with Gasteiger partial charge in [0, 0.05) is 13.1 Å². The van der Waals surface area contributed by atoms with Gasteiger partial charge in [-0.3, -0.25) is 9.59 Å². The summed E-state index contributed by atoms with van der Waals surface area (Å²) in [5.41, 5.74) is 1.05. The number of carbonyl (C=O) groups is 2. The van der Waals surface area contributed by atoms with Crippen LogP contribution in [0.15, 0.2) is 30.3 Å². The van der Waals surface area contributed by atoms with Crippen LogP contribution in [0.5, 0.6) is 0 Å².